The SMILES string of the molecule is Oc1ccc2c3c1OC1C4(CCC5=C(C2)N(CC2CC2)CC[C@]531)OCCO4. The minimum Gasteiger partial charge on any atom is -0.504 e. The van der Waals surface area contributed by atoms with Crippen molar-refractivity contribution in [3.8, 4) is 11.5 Å². The van der Waals surface area contributed by atoms with E-state index in [2.05, 4.69) is 11.0 Å². The highest BCUT2D eigenvalue weighted by molar-refractivity contribution is 5.66. The number of rotatable bonds is 2. The van der Waals surface area contributed by atoms with Crippen molar-refractivity contribution in [2.75, 3.05) is 26.3 Å². The summed E-state index contributed by atoms with van der Waals surface area (Å²) in [5.74, 6) is 1.17. The van der Waals surface area contributed by atoms with Crippen LogP contribution in [-0.2, 0) is 21.3 Å². The number of hydrogen-bond donors (Lipinski definition) is 1. The number of allylic oxidation sites excluding steroid dienone is 1. The Morgan fingerprint density at radius 3 is 2.81 bits per heavy atom. The van der Waals surface area contributed by atoms with Gasteiger partial charge in [0.1, 0.15) is 0 Å². The van der Waals surface area contributed by atoms with E-state index in [4.69, 9.17) is 14.2 Å². The number of hydrogen-bond acceptors (Lipinski definition) is 5. The highest BCUT2D eigenvalue weighted by Gasteiger charge is 2.68. The topological polar surface area (TPSA) is 51.2 Å². The third-order valence-electron chi connectivity index (χ3n) is 7.83. The molecule has 0 aromatic heterocycles. The van der Waals surface area contributed by atoms with Crippen LogP contribution in [0.1, 0.15) is 43.2 Å². The Kier molecular flexibility index (Phi) is 2.72. The van der Waals surface area contributed by atoms with Crippen molar-refractivity contribution in [1.29, 1.82) is 0 Å². The minimum absolute atomic E-state index is 0.181. The molecule has 6 aliphatic rings. The molecule has 2 bridgehead atoms. The first kappa shape index (κ1) is 15.2. The summed E-state index contributed by atoms with van der Waals surface area (Å²) in [6, 6.07) is 3.91. The lowest BCUT2D eigenvalue weighted by atomic mass is 9.56. The molecule has 1 aromatic carbocycles. The predicted molar refractivity (Wildman–Crippen MR) is 97.7 cm³/mol. The van der Waals surface area contributed by atoms with Crippen LogP contribution in [0.25, 0.3) is 0 Å². The molecule has 1 N–H and O–H groups in total. The van der Waals surface area contributed by atoms with Crippen molar-refractivity contribution in [2.24, 2.45) is 5.92 Å². The Hall–Kier alpha value is -1.72. The molecule has 2 saturated carbocycles. The van der Waals surface area contributed by atoms with Gasteiger partial charge in [0.05, 0.1) is 18.6 Å². The first-order valence-corrected chi connectivity index (χ1v) is 10.5. The molecule has 27 heavy (non-hydrogen) atoms. The third-order valence-corrected chi connectivity index (χ3v) is 7.83. The number of phenols is 1. The maximum absolute atomic E-state index is 10.6. The van der Waals surface area contributed by atoms with Crippen molar-refractivity contribution >= 4 is 0 Å². The second-order valence-electron chi connectivity index (χ2n) is 9.17. The van der Waals surface area contributed by atoms with Crippen LogP contribution in [-0.4, -0.2) is 48.2 Å². The molecule has 7 rings (SSSR count). The van der Waals surface area contributed by atoms with Gasteiger partial charge in [-0.1, -0.05) is 6.07 Å². The van der Waals surface area contributed by atoms with Gasteiger partial charge in [-0.15, -0.1) is 0 Å². The van der Waals surface area contributed by atoms with Gasteiger partial charge in [0, 0.05) is 37.2 Å². The minimum atomic E-state index is -0.659. The van der Waals surface area contributed by atoms with Crippen LogP contribution in [0.4, 0.5) is 0 Å². The van der Waals surface area contributed by atoms with Gasteiger partial charge in [-0.05, 0) is 48.8 Å². The number of fused-ring (bicyclic) bond motifs is 1. The lowest BCUT2D eigenvalue weighted by Gasteiger charge is -2.55. The summed E-state index contributed by atoms with van der Waals surface area (Å²) in [5, 5.41) is 10.6. The zero-order chi connectivity index (χ0) is 17.8. The zero-order valence-electron chi connectivity index (χ0n) is 15.5. The summed E-state index contributed by atoms with van der Waals surface area (Å²) in [6.45, 7) is 3.54. The first-order valence-electron chi connectivity index (χ1n) is 10.5. The Bertz CT molecular complexity index is 883. The number of aromatic hydroxyl groups is 1. The maximum Gasteiger partial charge on any atom is 0.207 e. The monoisotopic (exact) mass is 367 g/mol. The molecule has 0 amide bonds. The van der Waals surface area contributed by atoms with Gasteiger partial charge in [-0.2, -0.15) is 0 Å². The highest BCUT2D eigenvalue weighted by Crippen LogP contribution is 2.65. The summed E-state index contributed by atoms with van der Waals surface area (Å²) in [6.07, 6.45) is 6.44. The number of phenolic OH excluding ortho intramolecular Hbond substituents is 1. The molecule has 1 aromatic rings. The molecule has 3 aliphatic heterocycles. The molecular formula is C22H25NO4. The van der Waals surface area contributed by atoms with Gasteiger partial charge in [0.2, 0.25) is 5.79 Å². The van der Waals surface area contributed by atoms with Gasteiger partial charge >= 0.3 is 0 Å². The van der Waals surface area contributed by atoms with Crippen LogP contribution in [0.2, 0.25) is 0 Å². The van der Waals surface area contributed by atoms with Crippen molar-refractivity contribution in [1.82, 2.24) is 4.90 Å². The van der Waals surface area contributed by atoms with Crippen molar-refractivity contribution < 1.29 is 19.3 Å². The summed E-state index contributed by atoms with van der Waals surface area (Å²) >= 11 is 0. The van der Waals surface area contributed by atoms with E-state index in [0.717, 1.165) is 38.1 Å². The number of benzene rings is 1. The Balaban J connectivity index is 1.46. The molecule has 3 heterocycles. The molecule has 5 nitrogen and oxygen atoms in total. The van der Waals surface area contributed by atoms with E-state index < -0.39 is 5.79 Å². The summed E-state index contributed by atoms with van der Waals surface area (Å²) in [5.41, 5.74) is 5.44. The van der Waals surface area contributed by atoms with Gasteiger partial charge in [0.25, 0.3) is 0 Å². The van der Waals surface area contributed by atoms with E-state index in [-0.39, 0.29) is 17.3 Å². The Morgan fingerprint density at radius 1 is 1.15 bits per heavy atom. The van der Waals surface area contributed by atoms with E-state index in [1.807, 2.05) is 0 Å². The van der Waals surface area contributed by atoms with Crippen LogP contribution in [0, 0.1) is 5.92 Å². The standard InChI is InChI=1S/C22H25NO4/c24-17-4-3-14-11-16-15-5-6-22(25-9-10-26-22)20-21(15,18(14)19(17)27-20)7-8-23(16)12-13-1-2-13/h3-4,13,20,24H,1-2,5-12H2/t20?,21-/m0/s1. The molecule has 0 radical (unpaired) electrons. The molecule has 2 spiro atoms. The number of nitrogens with zero attached hydrogens (tertiary/aromatic N) is 1. The molecule has 3 fully saturated rings. The average Bonchev–Trinajstić information content (AvgIpc) is 3.24. The van der Waals surface area contributed by atoms with Crippen molar-refractivity contribution in [3.05, 3.63) is 34.5 Å². The van der Waals surface area contributed by atoms with Crippen LogP contribution in [0.15, 0.2) is 23.4 Å². The lowest BCUT2D eigenvalue weighted by molar-refractivity contribution is -0.235. The molecule has 2 atom stereocenters. The molecule has 142 valence electrons. The average molecular weight is 367 g/mol. The van der Waals surface area contributed by atoms with E-state index in [9.17, 15) is 5.11 Å². The van der Waals surface area contributed by atoms with Gasteiger partial charge in [-0.25, -0.2) is 0 Å². The lowest BCUT2D eigenvalue weighted by Crippen LogP contribution is -2.63. The fourth-order valence-corrected chi connectivity index (χ4v) is 6.57. The largest absolute Gasteiger partial charge is 0.504 e. The third kappa shape index (κ3) is 1.74. The Labute approximate surface area is 158 Å². The molecule has 3 aliphatic carbocycles. The van der Waals surface area contributed by atoms with Gasteiger partial charge in [-0.3, -0.25) is 0 Å². The molecule has 5 heteroatoms. The fraction of sp³-hybridized carbons (Fsp3) is 0.636. The van der Waals surface area contributed by atoms with Crippen LogP contribution in [0.3, 0.4) is 0 Å². The summed E-state index contributed by atoms with van der Waals surface area (Å²) < 4.78 is 18.9. The van der Waals surface area contributed by atoms with Gasteiger partial charge < -0.3 is 24.2 Å². The molecule has 1 saturated heterocycles. The van der Waals surface area contributed by atoms with E-state index in [1.165, 1.54) is 36.2 Å². The number of ether oxygens (including phenoxy) is 3. The molecular weight excluding hydrogens is 342 g/mol. The first-order chi connectivity index (χ1) is 13.2. The fourth-order valence-electron chi connectivity index (χ4n) is 6.57. The maximum atomic E-state index is 10.6. The Morgan fingerprint density at radius 2 is 2.00 bits per heavy atom. The van der Waals surface area contributed by atoms with Gasteiger partial charge in [0.15, 0.2) is 17.6 Å². The zero-order valence-corrected chi connectivity index (χ0v) is 15.5. The summed E-state index contributed by atoms with van der Waals surface area (Å²) in [7, 11) is 0. The second kappa shape index (κ2) is 4.81. The predicted octanol–water partition coefficient (Wildman–Crippen LogP) is 2.85. The van der Waals surface area contributed by atoms with E-state index >= 15 is 0 Å². The van der Waals surface area contributed by atoms with E-state index in [0.29, 0.717) is 19.0 Å². The smallest absolute Gasteiger partial charge is 0.207 e. The van der Waals surface area contributed by atoms with E-state index in [1.54, 1.807) is 11.6 Å². The van der Waals surface area contributed by atoms with Crippen LogP contribution in [0.5, 0.6) is 11.5 Å². The van der Waals surface area contributed by atoms with Crippen LogP contribution < -0.4 is 4.74 Å². The highest BCUT2D eigenvalue weighted by atomic mass is 16.8. The normalized spacial score (nSPS) is 34.8. The quantitative estimate of drug-likeness (QED) is 0.871. The van der Waals surface area contributed by atoms with Crippen molar-refractivity contribution in [2.45, 2.75) is 55.8 Å². The van der Waals surface area contributed by atoms with Crippen molar-refractivity contribution in [3.63, 3.8) is 0 Å². The molecule has 1 unspecified atom stereocenters. The summed E-state index contributed by atoms with van der Waals surface area (Å²) in [4.78, 5) is 2.66. The second-order valence-corrected chi connectivity index (χ2v) is 9.17. The van der Waals surface area contributed by atoms with Crippen LogP contribution >= 0.6 is 0 Å².